The minimum Gasteiger partial charge on any atom is -0.345 e. The quantitative estimate of drug-likeness (QED) is 0.686. The predicted octanol–water partition coefficient (Wildman–Crippen LogP) is 4.22. The van der Waals surface area contributed by atoms with Gasteiger partial charge >= 0.3 is 0 Å². The molecule has 0 saturated carbocycles. The number of thiocarbonyl (C=S) groups is 1. The standard InChI is InChI=1S/C20H23N5S/c1-4-16-5-9-18(10-6-16)23-20(26)24(3)15(2)17-7-11-19(12-8-17)25-14-21-13-22-25/h5-15H,4H2,1-3H3,(H,23,26)/t15-/m0/s1. The maximum atomic E-state index is 5.58. The second-order valence-corrected chi connectivity index (χ2v) is 6.59. The van der Waals surface area contributed by atoms with Gasteiger partial charge < -0.3 is 10.2 Å². The van der Waals surface area contributed by atoms with Crippen LogP contribution >= 0.6 is 12.2 Å². The molecule has 1 atom stereocenters. The van der Waals surface area contributed by atoms with Crippen molar-refractivity contribution in [2.24, 2.45) is 0 Å². The van der Waals surface area contributed by atoms with Crippen molar-refractivity contribution in [1.29, 1.82) is 0 Å². The highest BCUT2D eigenvalue weighted by Crippen LogP contribution is 2.21. The average Bonchev–Trinajstić information content (AvgIpc) is 3.22. The molecule has 5 nitrogen and oxygen atoms in total. The predicted molar refractivity (Wildman–Crippen MR) is 110 cm³/mol. The molecule has 1 aromatic heterocycles. The number of aromatic nitrogens is 3. The molecule has 134 valence electrons. The van der Waals surface area contributed by atoms with Gasteiger partial charge in [0.25, 0.3) is 0 Å². The fraction of sp³-hybridized carbons (Fsp3) is 0.250. The zero-order valence-electron chi connectivity index (χ0n) is 15.3. The summed E-state index contributed by atoms with van der Waals surface area (Å²) in [4.78, 5) is 6.04. The zero-order chi connectivity index (χ0) is 18.5. The Morgan fingerprint density at radius 3 is 2.42 bits per heavy atom. The van der Waals surface area contributed by atoms with E-state index >= 15 is 0 Å². The summed E-state index contributed by atoms with van der Waals surface area (Å²) in [6.45, 7) is 4.29. The summed E-state index contributed by atoms with van der Waals surface area (Å²) in [5, 5.41) is 8.16. The van der Waals surface area contributed by atoms with Crippen LogP contribution in [0.2, 0.25) is 0 Å². The van der Waals surface area contributed by atoms with Gasteiger partial charge in [0.2, 0.25) is 0 Å². The molecule has 0 bridgehead atoms. The van der Waals surface area contributed by atoms with Gasteiger partial charge in [-0.1, -0.05) is 31.2 Å². The highest BCUT2D eigenvalue weighted by molar-refractivity contribution is 7.80. The van der Waals surface area contributed by atoms with E-state index < -0.39 is 0 Å². The number of hydrogen-bond acceptors (Lipinski definition) is 3. The molecule has 0 spiro atoms. The second-order valence-electron chi connectivity index (χ2n) is 6.20. The Morgan fingerprint density at radius 1 is 1.15 bits per heavy atom. The topological polar surface area (TPSA) is 46.0 Å². The van der Waals surface area contributed by atoms with Crippen LogP contribution in [0.4, 0.5) is 5.69 Å². The summed E-state index contributed by atoms with van der Waals surface area (Å²) < 4.78 is 1.74. The molecule has 0 aliphatic rings. The van der Waals surface area contributed by atoms with Crippen LogP contribution in [0.1, 0.15) is 31.0 Å². The Bertz CT molecular complexity index is 841. The van der Waals surface area contributed by atoms with Gasteiger partial charge in [-0.05, 0) is 61.0 Å². The average molecular weight is 366 g/mol. The lowest BCUT2D eigenvalue weighted by molar-refractivity contribution is 0.408. The second kappa shape index (κ2) is 8.10. The SMILES string of the molecule is CCc1ccc(NC(=S)N(C)[C@@H](C)c2ccc(-n3cncn3)cc2)cc1. The molecule has 2 aromatic carbocycles. The van der Waals surface area contributed by atoms with Crippen LogP contribution in [0.3, 0.4) is 0 Å². The molecule has 0 saturated heterocycles. The molecule has 3 aromatic rings. The number of nitrogens with one attached hydrogen (secondary N) is 1. The summed E-state index contributed by atoms with van der Waals surface area (Å²) >= 11 is 5.58. The molecule has 0 fully saturated rings. The van der Waals surface area contributed by atoms with E-state index in [1.54, 1.807) is 11.0 Å². The van der Waals surface area contributed by atoms with Gasteiger partial charge in [-0.2, -0.15) is 5.10 Å². The van der Waals surface area contributed by atoms with Crippen molar-refractivity contribution in [3.05, 3.63) is 72.3 Å². The maximum Gasteiger partial charge on any atom is 0.173 e. The Hall–Kier alpha value is -2.73. The van der Waals surface area contributed by atoms with Crippen LogP contribution < -0.4 is 5.32 Å². The smallest absolute Gasteiger partial charge is 0.173 e. The number of nitrogens with zero attached hydrogens (tertiary/aromatic N) is 4. The van der Waals surface area contributed by atoms with Crippen molar-refractivity contribution >= 4 is 23.0 Å². The lowest BCUT2D eigenvalue weighted by Crippen LogP contribution is -2.33. The number of hydrogen-bond donors (Lipinski definition) is 1. The Kier molecular flexibility index (Phi) is 5.63. The summed E-state index contributed by atoms with van der Waals surface area (Å²) in [7, 11) is 2.01. The van der Waals surface area contributed by atoms with Gasteiger partial charge in [0, 0.05) is 12.7 Å². The fourth-order valence-electron chi connectivity index (χ4n) is 2.68. The van der Waals surface area contributed by atoms with Crippen LogP contribution in [0, 0.1) is 0 Å². The van der Waals surface area contributed by atoms with Gasteiger partial charge in [-0.25, -0.2) is 9.67 Å². The van der Waals surface area contributed by atoms with Crippen LogP contribution in [-0.4, -0.2) is 31.8 Å². The summed E-state index contributed by atoms with van der Waals surface area (Å²) in [6, 6.07) is 16.8. The van der Waals surface area contributed by atoms with Gasteiger partial charge in [-0.3, -0.25) is 0 Å². The van der Waals surface area contributed by atoms with E-state index in [0.717, 1.165) is 17.8 Å². The van der Waals surface area contributed by atoms with Crippen LogP contribution in [0.25, 0.3) is 5.69 Å². The molecule has 3 rings (SSSR count). The van der Waals surface area contributed by atoms with E-state index in [0.29, 0.717) is 5.11 Å². The van der Waals surface area contributed by atoms with E-state index in [9.17, 15) is 0 Å². The molecule has 6 heteroatoms. The van der Waals surface area contributed by atoms with E-state index in [4.69, 9.17) is 12.2 Å². The van der Waals surface area contributed by atoms with E-state index in [1.807, 2.05) is 19.2 Å². The van der Waals surface area contributed by atoms with Gasteiger partial charge in [-0.15, -0.1) is 0 Å². The van der Waals surface area contributed by atoms with Crippen molar-refractivity contribution in [2.75, 3.05) is 12.4 Å². The molecule has 0 aliphatic carbocycles. The van der Waals surface area contributed by atoms with Crippen LogP contribution in [-0.2, 0) is 6.42 Å². The van der Waals surface area contributed by atoms with Crippen molar-refractivity contribution in [3.63, 3.8) is 0 Å². The zero-order valence-corrected chi connectivity index (χ0v) is 16.1. The Labute approximate surface area is 159 Å². The van der Waals surface area contributed by atoms with Crippen molar-refractivity contribution in [3.8, 4) is 5.69 Å². The molecule has 0 unspecified atom stereocenters. The van der Waals surface area contributed by atoms with Crippen molar-refractivity contribution < 1.29 is 0 Å². The first kappa shape index (κ1) is 18.1. The number of anilines is 1. The molecule has 0 aliphatic heterocycles. The largest absolute Gasteiger partial charge is 0.345 e. The van der Waals surface area contributed by atoms with E-state index in [2.05, 4.69) is 70.5 Å². The third kappa shape index (κ3) is 4.08. The van der Waals surface area contributed by atoms with Gasteiger partial charge in [0.15, 0.2) is 5.11 Å². The summed E-state index contributed by atoms with van der Waals surface area (Å²) in [5.74, 6) is 0. The molecule has 0 radical (unpaired) electrons. The highest BCUT2D eigenvalue weighted by atomic mass is 32.1. The first-order valence-corrected chi connectivity index (χ1v) is 9.07. The molecule has 1 heterocycles. The maximum absolute atomic E-state index is 5.58. The van der Waals surface area contributed by atoms with E-state index in [-0.39, 0.29) is 6.04 Å². The molecular formula is C20H23N5S. The van der Waals surface area contributed by atoms with Crippen molar-refractivity contribution in [2.45, 2.75) is 26.3 Å². The van der Waals surface area contributed by atoms with Gasteiger partial charge in [0.1, 0.15) is 12.7 Å². The number of rotatable bonds is 5. The summed E-state index contributed by atoms with van der Waals surface area (Å²) in [6.07, 6.45) is 4.25. The molecular weight excluding hydrogens is 342 g/mol. The lowest BCUT2D eigenvalue weighted by Gasteiger charge is -2.28. The minimum atomic E-state index is 0.148. The third-order valence-corrected chi connectivity index (χ3v) is 4.96. The first-order chi connectivity index (χ1) is 12.6. The summed E-state index contributed by atoms with van der Waals surface area (Å²) in [5.41, 5.74) is 4.49. The minimum absolute atomic E-state index is 0.148. The lowest BCUT2D eigenvalue weighted by atomic mass is 10.1. The monoisotopic (exact) mass is 365 g/mol. The Morgan fingerprint density at radius 2 is 1.85 bits per heavy atom. The van der Waals surface area contributed by atoms with Crippen LogP contribution in [0.15, 0.2) is 61.2 Å². The number of aryl methyl sites for hydroxylation is 1. The molecule has 1 N–H and O–H groups in total. The van der Waals surface area contributed by atoms with Crippen molar-refractivity contribution in [1.82, 2.24) is 19.7 Å². The molecule has 26 heavy (non-hydrogen) atoms. The Balaban J connectivity index is 1.66. The normalized spacial score (nSPS) is 11.8. The highest BCUT2D eigenvalue weighted by Gasteiger charge is 2.15. The van der Waals surface area contributed by atoms with Crippen LogP contribution in [0.5, 0.6) is 0 Å². The molecule has 0 amide bonds. The van der Waals surface area contributed by atoms with E-state index in [1.165, 1.54) is 17.5 Å². The first-order valence-electron chi connectivity index (χ1n) is 8.66. The third-order valence-electron chi connectivity index (χ3n) is 4.57. The fourth-order valence-corrected chi connectivity index (χ4v) is 2.96. The number of benzene rings is 2. The van der Waals surface area contributed by atoms with Gasteiger partial charge in [0.05, 0.1) is 11.7 Å².